The van der Waals surface area contributed by atoms with Crippen LogP contribution in [0.4, 0.5) is 4.79 Å². The van der Waals surface area contributed by atoms with Gasteiger partial charge >= 0.3 is 18.0 Å². The molecular formula is C14H24N2O5. The predicted molar refractivity (Wildman–Crippen MR) is 75.7 cm³/mol. The summed E-state index contributed by atoms with van der Waals surface area (Å²) in [7, 11) is 1.17. The lowest BCUT2D eigenvalue weighted by molar-refractivity contribution is -0.147. The zero-order chi connectivity index (χ0) is 16.0. The molecule has 1 rings (SSSR count). The Morgan fingerprint density at radius 2 is 2.00 bits per heavy atom. The Morgan fingerprint density at radius 1 is 1.33 bits per heavy atom. The average molecular weight is 300 g/mol. The molecule has 0 aliphatic heterocycles. The number of hydrogen-bond donors (Lipinski definition) is 3. The number of amides is 2. The molecule has 7 heteroatoms. The number of aliphatic carboxylic acids is 1. The van der Waals surface area contributed by atoms with Gasteiger partial charge < -0.3 is 20.5 Å². The normalized spacial score (nSPS) is 26.0. The molecule has 1 fully saturated rings. The van der Waals surface area contributed by atoms with Crippen LogP contribution in [0, 0.1) is 11.8 Å². The van der Waals surface area contributed by atoms with Crippen molar-refractivity contribution in [2.45, 2.75) is 51.6 Å². The highest BCUT2D eigenvalue weighted by molar-refractivity contribution is 5.86. The minimum atomic E-state index is -1.28. The third kappa shape index (κ3) is 4.91. The molecule has 3 N–H and O–H groups in total. The van der Waals surface area contributed by atoms with Crippen molar-refractivity contribution in [3.63, 3.8) is 0 Å². The van der Waals surface area contributed by atoms with Crippen molar-refractivity contribution in [2.75, 3.05) is 7.11 Å². The van der Waals surface area contributed by atoms with E-state index in [9.17, 15) is 14.4 Å². The van der Waals surface area contributed by atoms with E-state index in [0.717, 1.165) is 19.3 Å². The lowest BCUT2D eigenvalue weighted by Gasteiger charge is -2.22. The smallest absolute Gasteiger partial charge is 0.326 e. The van der Waals surface area contributed by atoms with Gasteiger partial charge in [-0.15, -0.1) is 0 Å². The molecule has 2 amide bonds. The summed E-state index contributed by atoms with van der Waals surface area (Å²) in [5.74, 6) is -0.991. The van der Waals surface area contributed by atoms with E-state index in [1.54, 1.807) is 0 Å². The molecule has 7 nitrogen and oxygen atoms in total. The summed E-state index contributed by atoms with van der Waals surface area (Å²) in [6, 6.07) is -1.79. The number of rotatable bonds is 6. The van der Waals surface area contributed by atoms with Gasteiger partial charge in [-0.25, -0.2) is 9.59 Å². The molecule has 3 unspecified atom stereocenters. The van der Waals surface area contributed by atoms with Crippen LogP contribution >= 0.6 is 0 Å². The first kappa shape index (κ1) is 17.3. The van der Waals surface area contributed by atoms with E-state index in [0.29, 0.717) is 11.8 Å². The van der Waals surface area contributed by atoms with Crippen molar-refractivity contribution in [1.82, 2.24) is 10.6 Å². The van der Waals surface area contributed by atoms with Crippen molar-refractivity contribution < 1.29 is 24.2 Å². The second kappa shape index (κ2) is 7.85. The molecule has 0 bridgehead atoms. The first-order valence-electron chi connectivity index (χ1n) is 7.25. The molecule has 0 heterocycles. The number of methoxy groups -OCH3 is 1. The van der Waals surface area contributed by atoms with Gasteiger partial charge in [0.05, 0.1) is 13.5 Å². The second-order valence-corrected chi connectivity index (χ2v) is 5.50. The first-order valence-corrected chi connectivity index (χ1v) is 7.25. The number of esters is 1. The number of carbonyl (C=O) groups excluding carboxylic acids is 2. The molecule has 0 aromatic rings. The topological polar surface area (TPSA) is 105 Å². The summed E-state index contributed by atoms with van der Waals surface area (Å²) >= 11 is 0. The molecule has 4 atom stereocenters. The van der Waals surface area contributed by atoms with Crippen LogP contribution < -0.4 is 10.6 Å². The van der Waals surface area contributed by atoms with Gasteiger partial charge in [0.25, 0.3) is 0 Å². The van der Waals surface area contributed by atoms with Crippen LogP contribution in [0.1, 0.15) is 39.5 Å². The molecule has 0 saturated heterocycles. The maximum atomic E-state index is 11.9. The molecule has 1 saturated carbocycles. The quantitative estimate of drug-likeness (QED) is 0.638. The van der Waals surface area contributed by atoms with E-state index in [4.69, 9.17) is 5.11 Å². The molecule has 1 aliphatic carbocycles. The van der Waals surface area contributed by atoms with Crippen LogP contribution in [0.5, 0.6) is 0 Å². The van der Waals surface area contributed by atoms with Crippen molar-refractivity contribution in [1.29, 1.82) is 0 Å². The number of nitrogens with one attached hydrogen (secondary N) is 2. The van der Waals surface area contributed by atoms with Gasteiger partial charge in [-0.1, -0.05) is 20.3 Å². The van der Waals surface area contributed by atoms with E-state index in [-0.39, 0.29) is 6.04 Å². The van der Waals surface area contributed by atoms with Gasteiger partial charge in [-0.3, -0.25) is 4.79 Å². The standard InChI is InChI=1S/C14H24N2O5/c1-4-9-5-6-10(8(9)2)15-14(20)16-11(13(18)19)7-12(17)21-3/h8-11H,4-7H2,1-3H3,(H,18,19)(H2,15,16,20)/t8?,9?,10?,11-/m0/s1. The fraction of sp³-hybridized carbons (Fsp3) is 0.786. The summed E-state index contributed by atoms with van der Waals surface area (Å²) in [6.45, 7) is 4.22. The molecule has 0 radical (unpaired) electrons. The van der Waals surface area contributed by atoms with Gasteiger partial charge in [0.2, 0.25) is 0 Å². The molecule has 0 spiro atoms. The molecular weight excluding hydrogens is 276 g/mol. The van der Waals surface area contributed by atoms with E-state index in [1.807, 2.05) is 0 Å². The van der Waals surface area contributed by atoms with Crippen molar-refractivity contribution >= 4 is 18.0 Å². The molecule has 21 heavy (non-hydrogen) atoms. The van der Waals surface area contributed by atoms with Gasteiger partial charge in [0, 0.05) is 6.04 Å². The van der Waals surface area contributed by atoms with E-state index < -0.39 is 30.4 Å². The lowest BCUT2D eigenvalue weighted by Crippen LogP contribution is -2.50. The van der Waals surface area contributed by atoms with E-state index >= 15 is 0 Å². The zero-order valence-corrected chi connectivity index (χ0v) is 12.7. The Balaban J connectivity index is 2.51. The van der Waals surface area contributed by atoms with E-state index in [2.05, 4.69) is 29.2 Å². The number of carboxylic acids is 1. The summed E-state index contributed by atoms with van der Waals surface area (Å²) in [6.07, 6.45) is 2.63. The molecule has 0 aromatic heterocycles. The number of urea groups is 1. The highest BCUT2D eigenvalue weighted by atomic mass is 16.5. The number of carbonyl (C=O) groups is 3. The molecule has 120 valence electrons. The van der Waals surface area contributed by atoms with Crippen LogP contribution in [-0.4, -0.2) is 42.3 Å². The van der Waals surface area contributed by atoms with Gasteiger partial charge in [-0.05, 0) is 24.7 Å². The highest BCUT2D eigenvalue weighted by Gasteiger charge is 2.33. The highest BCUT2D eigenvalue weighted by Crippen LogP contribution is 2.33. The number of hydrogen-bond acceptors (Lipinski definition) is 4. The first-order chi connectivity index (χ1) is 9.88. The monoisotopic (exact) mass is 300 g/mol. The van der Waals surface area contributed by atoms with E-state index in [1.165, 1.54) is 7.11 Å². The maximum Gasteiger partial charge on any atom is 0.326 e. The Labute approximate surface area is 124 Å². The zero-order valence-electron chi connectivity index (χ0n) is 12.7. The Morgan fingerprint density at radius 3 is 2.48 bits per heavy atom. The minimum absolute atomic E-state index is 0.0440. The fourth-order valence-corrected chi connectivity index (χ4v) is 2.85. The SMILES string of the molecule is CCC1CCC(NC(=O)N[C@@H](CC(=O)OC)C(=O)O)C1C. The van der Waals surface area contributed by atoms with Crippen LogP contribution in [-0.2, 0) is 14.3 Å². The van der Waals surface area contributed by atoms with Crippen LogP contribution in [0.2, 0.25) is 0 Å². The molecule has 0 aromatic carbocycles. The Bertz CT molecular complexity index is 399. The lowest BCUT2D eigenvalue weighted by atomic mass is 9.93. The largest absolute Gasteiger partial charge is 0.480 e. The van der Waals surface area contributed by atoms with Crippen LogP contribution in [0.3, 0.4) is 0 Å². The molecule has 1 aliphatic rings. The fourth-order valence-electron chi connectivity index (χ4n) is 2.85. The van der Waals surface area contributed by atoms with Crippen LogP contribution in [0.25, 0.3) is 0 Å². The van der Waals surface area contributed by atoms with Crippen LogP contribution in [0.15, 0.2) is 0 Å². The number of carboxylic acid groups (broad SMARTS) is 1. The average Bonchev–Trinajstić information content (AvgIpc) is 2.78. The number of ether oxygens (including phenoxy) is 1. The summed E-state index contributed by atoms with van der Waals surface area (Å²) in [5, 5.41) is 14.1. The summed E-state index contributed by atoms with van der Waals surface area (Å²) < 4.78 is 4.42. The minimum Gasteiger partial charge on any atom is -0.480 e. The Hall–Kier alpha value is -1.79. The summed E-state index contributed by atoms with van der Waals surface area (Å²) in [5.41, 5.74) is 0. The third-order valence-electron chi connectivity index (χ3n) is 4.27. The third-order valence-corrected chi connectivity index (χ3v) is 4.27. The summed E-state index contributed by atoms with van der Waals surface area (Å²) in [4.78, 5) is 34.1. The van der Waals surface area contributed by atoms with Crippen molar-refractivity contribution in [3.05, 3.63) is 0 Å². The van der Waals surface area contributed by atoms with Gasteiger partial charge in [0.15, 0.2) is 0 Å². The second-order valence-electron chi connectivity index (χ2n) is 5.50. The Kier molecular flexibility index (Phi) is 6.45. The van der Waals surface area contributed by atoms with Gasteiger partial charge in [0.1, 0.15) is 6.04 Å². The van der Waals surface area contributed by atoms with Crippen molar-refractivity contribution in [3.8, 4) is 0 Å². The van der Waals surface area contributed by atoms with Gasteiger partial charge in [-0.2, -0.15) is 0 Å². The van der Waals surface area contributed by atoms with Crippen molar-refractivity contribution in [2.24, 2.45) is 11.8 Å². The maximum absolute atomic E-state index is 11.9. The predicted octanol–water partition coefficient (Wildman–Crippen LogP) is 1.13.